The van der Waals surface area contributed by atoms with Crippen molar-refractivity contribution in [1.82, 2.24) is 5.32 Å². The van der Waals surface area contributed by atoms with Gasteiger partial charge in [0.2, 0.25) is 0 Å². The zero-order chi connectivity index (χ0) is 13.0. The summed E-state index contributed by atoms with van der Waals surface area (Å²) in [7, 11) is 0. The number of carbonyl (C=O) groups is 1. The second kappa shape index (κ2) is 7.31. The Labute approximate surface area is 117 Å². The van der Waals surface area contributed by atoms with Crippen LogP contribution in [0.4, 0.5) is 4.39 Å². The average molecular weight is 289 g/mol. The second-order valence-corrected chi connectivity index (χ2v) is 4.47. The lowest BCUT2D eigenvalue weighted by Gasteiger charge is -2.16. The lowest BCUT2D eigenvalue weighted by atomic mass is 10.2. The maximum absolute atomic E-state index is 13.2. The fraction of sp³-hybridized carbons (Fsp3) is 0.462. The van der Waals surface area contributed by atoms with Crippen LogP contribution in [0, 0.1) is 11.7 Å². The molecule has 1 aliphatic carbocycles. The number of halogens is 2. The van der Waals surface area contributed by atoms with E-state index in [1.807, 2.05) is 0 Å². The Kier molecular flexibility index (Phi) is 6.05. The van der Waals surface area contributed by atoms with Gasteiger partial charge in [-0.1, -0.05) is 12.1 Å². The molecule has 0 aliphatic heterocycles. The van der Waals surface area contributed by atoms with Crippen LogP contribution in [0.25, 0.3) is 0 Å². The molecule has 1 aromatic rings. The first-order chi connectivity index (χ1) is 8.70. The van der Waals surface area contributed by atoms with Gasteiger partial charge >= 0.3 is 0 Å². The third-order valence-electron chi connectivity index (χ3n) is 2.99. The molecule has 1 aliphatic rings. The van der Waals surface area contributed by atoms with Gasteiger partial charge in [0.15, 0.2) is 18.2 Å². The number of carbonyl (C=O) groups excluding carboxylic acids is 1. The van der Waals surface area contributed by atoms with Gasteiger partial charge in [-0.25, -0.2) is 4.39 Å². The molecule has 1 unspecified atom stereocenters. The van der Waals surface area contributed by atoms with Crippen molar-refractivity contribution in [2.45, 2.75) is 18.9 Å². The van der Waals surface area contributed by atoms with Crippen molar-refractivity contribution in [2.75, 3.05) is 13.2 Å². The highest BCUT2D eigenvalue weighted by Gasteiger charge is 2.31. The van der Waals surface area contributed by atoms with E-state index in [1.54, 1.807) is 12.1 Å². The molecule has 1 saturated carbocycles. The summed E-state index contributed by atoms with van der Waals surface area (Å²) < 4.78 is 18.3. The maximum atomic E-state index is 13.2. The van der Waals surface area contributed by atoms with Gasteiger partial charge < -0.3 is 15.8 Å². The molecule has 0 bridgehead atoms. The molecule has 19 heavy (non-hydrogen) atoms. The molecule has 0 heterocycles. The number of benzene rings is 1. The molecule has 0 radical (unpaired) electrons. The van der Waals surface area contributed by atoms with E-state index in [-0.39, 0.29) is 36.7 Å². The monoisotopic (exact) mass is 288 g/mol. The van der Waals surface area contributed by atoms with Gasteiger partial charge in [0.05, 0.1) is 0 Å². The van der Waals surface area contributed by atoms with Crippen LogP contribution >= 0.6 is 12.4 Å². The molecular formula is C13H18ClFN2O2. The fourth-order valence-electron chi connectivity index (χ4n) is 1.82. The molecule has 6 heteroatoms. The van der Waals surface area contributed by atoms with Gasteiger partial charge in [0.25, 0.3) is 5.91 Å². The molecule has 0 spiro atoms. The van der Waals surface area contributed by atoms with Crippen LogP contribution in [-0.4, -0.2) is 25.1 Å². The molecule has 1 fully saturated rings. The average Bonchev–Trinajstić information content (AvgIpc) is 3.19. The Morgan fingerprint density at radius 3 is 2.74 bits per heavy atom. The lowest BCUT2D eigenvalue weighted by molar-refractivity contribution is -0.123. The van der Waals surface area contributed by atoms with E-state index in [4.69, 9.17) is 10.5 Å². The standard InChI is InChI=1S/C13H17FN2O2.ClH/c14-10-3-1-2-4-12(10)18-8-13(17)16-11(7-15)9-5-6-9;/h1-4,9,11H,5-8,15H2,(H,16,17);1H. The first kappa shape index (κ1) is 15.7. The summed E-state index contributed by atoms with van der Waals surface area (Å²) in [5.74, 6) is -0.153. The normalized spacial score (nSPS) is 15.3. The van der Waals surface area contributed by atoms with Crippen LogP contribution < -0.4 is 15.8 Å². The summed E-state index contributed by atoms with van der Waals surface area (Å²) in [6, 6.07) is 6.02. The predicted octanol–water partition coefficient (Wildman–Crippen LogP) is 1.48. The van der Waals surface area contributed by atoms with E-state index in [2.05, 4.69) is 5.32 Å². The summed E-state index contributed by atoms with van der Waals surface area (Å²) in [4.78, 5) is 11.6. The number of nitrogens with one attached hydrogen (secondary N) is 1. The van der Waals surface area contributed by atoms with Crippen LogP contribution in [0.15, 0.2) is 24.3 Å². The van der Waals surface area contributed by atoms with Crippen molar-refractivity contribution in [3.8, 4) is 5.75 Å². The molecule has 1 amide bonds. The summed E-state index contributed by atoms with van der Waals surface area (Å²) in [5.41, 5.74) is 5.58. The predicted molar refractivity (Wildman–Crippen MR) is 72.9 cm³/mol. The number of nitrogens with two attached hydrogens (primary N) is 1. The van der Waals surface area contributed by atoms with Crippen molar-refractivity contribution < 1.29 is 13.9 Å². The molecule has 0 aromatic heterocycles. The van der Waals surface area contributed by atoms with Crippen molar-refractivity contribution >= 4 is 18.3 Å². The largest absolute Gasteiger partial charge is 0.481 e. The van der Waals surface area contributed by atoms with Gasteiger partial charge in [-0.05, 0) is 30.9 Å². The van der Waals surface area contributed by atoms with Gasteiger partial charge in [0.1, 0.15) is 0 Å². The molecule has 4 nitrogen and oxygen atoms in total. The Bertz CT molecular complexity index is 427. The van der Waals surface area contributed by atoms with E-state index in [9.17, 15) is 9.18 Å². The third-order valence-corrected chi connectivity index (χ3v) is 2.99. The van der Waals surface area contributed by atoms with Crippen LogP contribution in [0.2, 0.25) is 0 Å². The van der Waals surface area contributed by atoms with E-state index < -0.39 is 5.82 Å². The Balaban J connectivity index is 0.00000180. The number of rotatable bonds is 6. The Morgan fingerprint density at radius 1 is 1.47 bits per heavy atom. The maximum Gasteiger partial charge on any atom is 0.258 e. The Morgan fingerprint density at radius 2 is 2.16 bits per heavy atom. The van der Waals surface area contributed by atoms with Crippen LogP contribution in [0.5, 0.6) is 5.75 Å². The van der Waals surface area contributed by atoms with Gasteiger partial charge in [-0.2, -0.15) is 0 Å². The van der Waals surface area contributed by atoms with E-state index in [0.29, 0.717) is 12.5 Å². The fourth-order valence-corrected chi connectivity index (χ4v) is 1.82. The highest BCUT2D eigenvalue weighted by molar-refractivity contribution is 5.85. The first-order valence-corrected chi connectivity index (χ1v) is 6.07. The zero-order valence-corrected chi connectivity index (χ0v) is 11.3. The SMILES string of the molecule is Cl.NCC(NC(=O)COc1ccccc1F)C1CC1. The topological polar surface area (TPSA) is 64.3 Å². The van der Waals surface area contributed by atoms with Gasteiger partial charge in [-0.15, -0.1) is 12.4 Å². The summed E-state index contributed by atoms with van der Waals surface area (Å²) in [6.45, 7) is 0.236. The Hall–Kier alpha value is -1.33. The summed E-state index contributed by atoms with van der Waals surface area (Å²) in [6.07, 6.45) is 2.21. The van der Waals surface area contributed by atoms with Crippen molar-refractivity contribution in [3.05, 3.63) is 30.1 Å². The molecule has 2 rings (SSSR count). The quantitative estimate of drug-likeness (QED) is 0.833. The van der Waals surface area contributed by atoms with Crippen molar-refractivity contribution in [3.63, 3.8) is 0 Å². The number of hydrogen-bond acceptors (Lipinski definition) is 3. The summed E-state index contributed by atoms with van der Waals surface area (Å²) >= 11 is 0. The highest BCUT2D eigenvalue weighted by atomic mass is 35.5. The number of para-hydroxylation sites is 1. The van der Waals surface area contributed by atoms with Crippen LogP contribution in [-0.2, 0) is 4.79 Å². The molecule has 1 atom stereocenters. The van der Waals surface area contributed by atoms with Crippen LogP contribution in [0.3, 0.4) is 0 Å². The summed E-state index contributed by atoms with van der Waals surface area (Å²) in [5, 5.41) is 2.81. The number of amides is 1. The molecule has 106 valence electrons. The minimum Gasteiger partial charge on any atom is -0.481 e. The van der Waals surface area contributed by atoms with Crippen molar-refractivity contribution in [1.29, 1.82) is 0 Å². The van der Waals surface area contributed by atoms with Gasteiger partial charge in [0, 0.05) is 12.6 Å². The van der Waals surface area contributed by atoms with Gasteiger partial charge in [-0.3, -0.25) is 4.79 Å². The van der Waals surface area contributed by atoms with E-state index >= 15 is 0 Å². The highest BCUT2D eigenvalue weighted by Crippen LogP contribution is 2.32. The molecular weight excluding hydrogens is 271 g/mol. The number of hydrogen-bond donors (Lipinski definition) is 2. The smallest absolute Gasteiger partial charge is 0.258 e. The molecule has 1 aromatic carbocycles. The van der Waals surface area contributed by atoms with Crippen molar-refractivity contribution in [2.24, 2.45) is 11.7 Å². The van der Waals surface area contributed by atoms with E-state index in [0.717, 1.165) is 12.8 Å². The first-order valence-electron chi connectivity index (χ1n) is 6.07. The third kappa shape index (κ3) is 4.69. The van der Waals surface area contributed by atoms with Crippen LogP contribution in [0.1, 0.15) is 12.8 Å². The lowest BCUT2D eigenvalue weighted by Crippen LogP contribution is -2.43. The second-order valence-electron chi connectivity index (χ2n) is 4.47. The minimum atomic E-state index is -0.470. The number of ether oxygens (including phenoxy) is 1. The zero-order valence-electron chi connectivity index (χ0n) is 10.5. The van der Waals surface area contributed by atoms with E-state index in [1.165, 1.54) is 12.1 Å². The molecule has 3 N–H and O–H groups in total. The minimum absolute atomic E-state index is 0. The molecule has 0 saturated heterocycles.